The molecule has 0 spiro atoms. The van der Waals surface area contributed by atoms with Crippen LogP contribution in [-0.4, -0.2) is 46.4 Å². The minimum absolute atomic E-state index is 0.0287. The van der Waals surface area contributed by atoms with Crippen LogP contribution in [0.1, 0.15) is 15.9 Å². The van der Waals surface area contributed by atoms with Crippen LogP contribution >= 0.6 is 0 Å². The summed E-state index contributed by atoms with van der Waals surface area (Å²) in [7, 11) is 7.41. The van der Waals surface area contributed by atoms with Gasteiger partial charge in [-0.1, -0.05) is 0 Å². The summed E-state index contributed by atoms with van der Waals surface area (Å²) in [6.07, 6.45) is 2.85. The van der Waals surface area contributed by atoms with Gasteiger partial charge in [0.2, 0.25) is 0 Å². The average Bonchev–Trinajstić information content (AvgIpc) is 2.70. The molecule has 0 radical (unpaired) electrons. The molecule has 0 saturated heterocycles. The van der Waals surface area contributed by atoms with Gasteiger partial charge in [0.15, 0.2) is 5.78 Å². The largest absolute Gasteiger partial charge is 0.507 e. The number of benzene rings is 2. The maximum Gasteiger partial charge on any atom is 0.193 e. The third-order valence-electron chi connectivity index (χ3n) is 3.91. The van der Waals surface area contributed by atoms with Gasteiger partial charge in [0.05, 0.1) is 41.1 Å². The molecule has 2 aromatic carbocycles. The van der Waals surface area contributed by atoms with Crippen molar-refractivity contribution in [2.24, 2.45) is 0 Å². The van der Waals surface area contributed by atoms with E-state index in [0.717, 1.165) is 0 Å². The summed E-state index contributed by atoms with van der Waals surface area (Å²) >= 11 is 0. The Hall–Kier alpha value is -3.35. The fourth-order valence-corrected chi connectivity index (χ4v) is 2.54. The van der Waals surface area contributed by atoms with Crippen molar-refractivity contribution < 1.29 is 33.6 Å². The monoisotopic (exact) mass is 374 g/mol. The van der Waals surface area contributed by atoms with E-state index in [1.165, 1.54) is 53.8 Å². The average molecular weight is 374 g/mol. The van der Waals surface area contributed by atoms with Crippen LogP contribution < -0.4 is 23.7 Å². The van der Waals surface area contributed by atoms with Crippen molar-refractivity contribution >= 4 is 11.9 Å². The number of carbonyl (C=O) groups is 1. The number of phenols is 1. The molecule has 144 valence electrons. The van der Waals surface area contributed by atoms with Gasteiger partial charge < -0.3 is 28.8 Å². The van der Waals surface area contributed by atoms with Crippen LogP contribution in [0.15, 0.2) is 30.3 Å². The van der Waals surface area contributed by atoms with Gasteiger partial charge in [0, 0.05) is 24.3 Å². The number of carbonyl (C=O) groups excluding carboxylic acids is 1. The van der Waals surface area contributed by atoms with Crippen LogP contribution in [-0.2, 0) is 0 Å². The molecule has 0 aliphatic carbocycles. The molecule has 0 unspecified atom stereocenters. The normalized spacial score (nSPS) is 10.6. The van der Waals surface area contributed by atoms with Crippen LogP contribution in [0.2, 0.25) is 0 Å². The molecule has 2 rings (SSSR count). The summed E-state index contributed by atoms with van der Waals surface area (Å²) in [6.45, 7) is 0. The van der Waals surface area contributed by atoms with Crippen molar-refractivity contribution in [3.63, 3.8) is 0 Å². The number of rotatable bonds is 8. The summed E-state index contributed by atoms with van der Waals surface area (Å²) in [5.41, 5.74) is 0.585. The van der Waals surface area contributed by atoms with Gasteiger partial charge in [0.1, 0.15) is 40.1 Å². The molecule has 0 amide bonds. The number of methoxy groups -OCH3 is 5. The standard InChI is InChI=1S/C20H22O7/c1-23-12-8-16(22)20(19(11-12)27-5)15(21)7-6-14-17(25-3)9-13(24-2)10-18(14)26-4/h6-11,22H,1-5H3/b7-6+. The highest BCUT2D eigenvalue weighted by atomic mass is 16.5. The van der Waals surface area contributed by atoms with E-state index in [0.29, 0.717) is 28.6 Å². The van der Waals surface area contributed by atoms with E-state index in [1.807, 2.05) is 0 Å². The van der Waals surface area contributed by atoms with Gasteiger partial charge in [-0.2, -0.15) is 0 Å². The topological polar surface area (TPSA) is 83.5 Å². The molecule has 0 aromatic heterocycles. The zero-order valence-electron chi connectivity index (χ0n) is 15.9. The van der Waals surface area contributed by atoms with Crippen LogP contribution in [0.25, 0.3) is 6.08 Å². The Kier molecular flexibility index (Phi) is 6.54. The molecular weight excluding hydrogens is 352 g/mol. The lowest BCUT2D eigenvalue weighted by molar-refractivity contribution is 0.104. The Balaban J connectivity index is 2.46. The van der Waals surface area contributed by atoms with Crippen LogP contribution in [0.4, 0.5) is 0 Å². The second kappa shape index (κ2) is 8.84. The predicted octanol–water partition coefficient (Wildman–Crippen LogP) is 3.33. The first-order valence-corrected chi connectivity index (χ1v) is 7.96. The van der Waals surface area contributed by atoms with E-state index >= 15 is 0 Å². The maximum atomic E-state index is 12.7. The smallest absolute Gasteiger partial charge is 0.193 e. The second-order valence-corrected chi connectivity index (χ2v) is 5.37. The number of phenolic OH excluding ortho intramolecular Hbond substituents is 1. The zero-order chi connectivity index (χ0) is 20.0. The molecule has 27 heavy (non-hydrogen) atoms. The van der Waals surface area contributed by atoms with E-state index in [9.17, 15) is 9.90 Å². The van der Waals surface area contributed by atoms with E-state index in [-0.39, 0.29) is 17.1 Å². The molecule has 0 fully saturated rings. The highest BCUT2D eigenvalue weighted by Crippen LogP contribution is 2.36. The lowest BCUT2D eigenvalue weighted by Crippen LogP contribution is -2.01. The van der Waals surface area contributed by atoms with E-state index in [1.54, 1.807) is 18.2 Å². The third-order valence-corrected chi connectivity index (χ3v) is 3.91. The van der Waals surface area contributed by atoms with E-state index in [4.69, 9.17) is 23.7 Å². The minimum Gasteiger partial charge on any atom is -0.507 e. The van der Waals surface area contributed by atoms with E-state index in [2.05, 4.69) is 0 Å². The lowest BCUT2D eigenvalue weighted by Gasteiger charge is -2.13. The van der Waals surface area contributed by atoms with Crippen LogP contribution in [0.5, 0.6) is 34.5 Å². The molecule has 7 nitrogen and oxygen atoms in total. The summed E-state index contributed by atoms with van der Waals surface area (Å²) in [5, 5.41) is 10.2. The van der Waals surface area contributed by atoms with Crippen molar-refractivity contribution in [2.75, 3.05) is 35.5 Å². The molecule has 1 N–H and O–H groups in total. The number of ketones is 1. The second-order valence-electron chi connectivity index (χ2n) is 5.37. The van der Waals surface area contributed by atoms with Gasteiger partial charge >= 0.3 is 0 Å². The molecule has 0 bridgehead atoms. The van der Waals surface area contributed by atoms with Gasteiger partial charge in [-0.15, -0.1) is 0 Å². The number of hydrogen-bond acceptors (Lipinski definition) is 7. The van der Waals surface area contributed by atoms with Gasteiger partial charge in [-0.3, -0.25) is 4.79 Å². The summed E-state index contributed by atoms with van der Waals surface area (Å²) in [6, 6.07) is 6.23. The van der Waals surface area contributed by atoms with Crippen molar-refractivity contribution in [3.8, 4) is 34.5 Å². The first-order valence-electron chi connectivity index (χ1n) is 7.96. The Morgan fingerprint density at radius 3 is 1.74 bits per heavy atom. The first-order chi connectivity index (χ1) is 13.0. The Morgan fingerprint density at radius 2 is 1.26 bits per heavy atom. The first kappa shape index (κ1) is 20.0. The molecule has 0 heterocycles. The molecule has 0 aliphatic rings. The van der Waals surface area contributed by atoms with Crippen LogP contribution in [0.3, 0.4) is 0 Å². The summed E-state index contributed by atoms with van der Waals surface area (Å²) in [4.78, 5) is 12.7. The number of aromatic hydroxyl groups is 1. The van der Waals surface area contributed by atoms with Crippen molar-refractivity contribution in [1.82, 2.24) is 0 Å². The fraction of sp³-hybridized carbons (Fsp3) is 0.250. The number of ether oxygens (including phenoxy) is 5. The minimum atomic E-state index is -0.452. The number of allylic oxidation sites excluding steroid dienone is 1. The Morgan fingerprint density at radius 1 is 0.778 bits per heavy atom. The van der Waals surface area contributed by atoms with Crippen LogP contribution in [0, 0.1) is 0 Å². The Bertz CT molecular complexity index is 831. The van der Waals surface area contributed by atoms with E-state index < -0.39 is 5.78 Å². The fourth-order valence-electron chi connectivity index (χ4n) is 2.54. The molecule has 7 heteroatoms. The molecular formula is C20H22O7. The Labute approximate surface area is 157 Å². The maximum absolute atomic E-state index is 12.7. The SMILES string of the molecule is COc1cc(OC)c(/C=C/C(=O)c2c(O)cc(OC)cc2OC)c(OC)c1. The quantitative estimate of drug-likeness (QED) is 0.560. The summed E-state index contributed by atoms with van der Waals surface area (Å²) < 4.78 is 26.2. The molecule has 0 saturated carbocycles. The van der Waals surface area contributed by atoms with Crippen molar-refractivity contribution in [2.45, 2.75) is 0 Å². The highest BCUT2D eigenvalue weighted by Gasteiger charge is 2.18. The zero-order valence-corrected chi connectivity index (χ0v) is 15.9. The van der Waals surface area contributed by atoms with Gasteiger partial charge in [-0.25, -0.2) is 0 Å². The van der Waals surface area contributed by atoms with Gasteiger partial charge in [0.25, 0.3) is 0 Å². The molecule has 0 atom stereocenters. The summed E-state index contributed by atoms with van der Waals surface area (Å²) in [5.74, 6) is 1.39. The van der Waals surface area contributed by atoms with Gasteiger partial charge in [-0.05, 0) is 12.2 Å². The molecule has 0 aliphatic heterocycles. The van der Waals surface area contributed by atoms with Crippen molar-refractivity contribution in [1.29, 1.82) is 0 Å². The predicted molar refractivity (Wildman–Crippen MR) is 101 cm³/mol. The highest BCUT2D eigenvalue weighted by molar-refractivity contribution is 6.10. The van der Waals surface area contributed by atoms with Crippen molar-refractivity contribution in [3.05, 3.63) is 41.5 Å². The third kappa shape index (κ3) is 4.25. The lowest BCUT2D eigenvalue weighted by atomic mass is 10.1. The number of hydrogen-bond donors (Lipinski definition) is 1. The molecule has 2 aromatic rings.